The van der Waals surface area contributed by atoms with Crippen molar-refractivity contribution in [3.63, 3.8) is 0 Å². The smallest absolute Gasteiger partial charge is 0.342 e. The standard InChI is InChI=1S/C19H15N3O6S/c1-12-20-21-19(28-12)29-17(18(23)24)10-13-4-8-16(9-5-13)27-11-14-2-6-15(7-3-14)22(25)26/h2-10H,11H2,1H3,(H,23,24)/b17-10-. The first kappa shape index (κ1) is 20.1. The number of carbonyl (C=O) groups is 1. The largest absolute Gasteiger partial charge is 0.489 e. The Labute approximate surface area is 169 Å². The van der Waals surface area contributed by atoms with Gasteiger partial charge in [0.25, 0.3) is 10.9 Å². The Balaban J connectivity index is 1.64. The van der Waals surface area contributed by atoms with E-state index in [1.54, 1.807) is 43.3 Å². The topological polar surface area (TPSA) is 129 Å². The van der Waals surface area contributed by atoms with Crippen molar-refractivity contribution in [3.8, 4) is 5.75 Å². The van der Waals surface area contributed by atoms with Crippen molar-refractivity contribution in [2.45, 2.75) is 18.8 Å². The number of carboxylic acid groups (broad SMARTS) is 1. The number of hydrogen-bond acceptors (Lipinski definition) is 8. The zero-order chi connectivity index (χ0) is 20.8. The van der Waals surface area contributed by atoms with Crippen LogP contribution in [0.1, 0.15) is 17.0 Å². The Hall–Kier alpha value is -3.66. The van der Waals surface area contributed by atoms with Crippen LogP contribution in [0.25, 0.3) is 6.08 Å². The van der Waals surface area contributed by atoms with Crippen molar-refractivity contribution in [1.29, 1.82) is 0 Å². The average Bonchev–Trinajstić information content (AvgIpc) is 3.12. The molecule has 9 nitrogen and oxygen atoms in total. The third-order valence-electron chi connectivity index (χ3n) is 3.65. The molecule has 0 spiro atoms. The van der Waals surface area contributed by atoms with Gasteiger partial charge in [0.1, 0.15) is 17.3 Å². The van der Waals surface area contributed by atoms with Crippen LogP contribution >= 0.6 is 11.8 Å². The molecule has 0 amide bonds. The molecule has 0 fully saturated rings. The number of aliphatic carboxylic acids is 1. The molecule has 0 saturated carbocycles. The van der Waals surface area contributed by atoms with E-state index in [9.17, 15) is 20.0 Å². The van der Waals surface area contributed by atoms with Crippen LogP contribution in [0.15, 0.2) is 63.1 Å². The Morgan fingerprint density at radius 1 is 1.21 bits per heavy atom. The molecule has 1 aromatic heterocycles. The number of aromatic nitrogens is 2. The van der Waals surface area contributed by atoms with E-state index >= 15 is 0 Å². The first-order chi connectivity index (χ1) is 13.9. The van der Waals surface area contributed by atoms with E-state index in [-0.39, 0.29) is 22.4 Å². The molecule has 0 saturated heterocycles. The number of carboxylic acids is 1. The fraction of sp³-hybridized carbons (Fsp3) is 0.105. The van der Waals surface area contributed by atoms with E-state index < -0.39 is 10.9 Å². The normalized spacial score (nSPS) is 11.3. The van der Waals surface area contributed by atoms with Crippen LogP contribution < -0.4 is 4.74 Å². The van der Waals surface area contributed by atoms with Crippen LogP contribution in [0.4, 0.5) is 5.69 Å². The third kappa shape index (κ3) is 5.66. The molecule has 0 atom stereocenters. The summed E-state index contributed by atoms with van der Waals surface area (Å²) in [7, 11) is 0. The maximum atomic E-state index is 11.5. The van der Waals surface area contributed by atoms with Gasteiger partial charge in [-0.15, -0.1) is 10.2 Å². The van der Waals surface area contributed by atoms with E-state index in [4.69, 9.17) is 9.15 Å². The lowest BCUT2D eigenvalue weighted by Crippen LogP contribution is -1.97. The van der Waals surface area contributed by atoms with Gasteiger partial charge < -0.3 is 14.3 Å². The predicted octanol–water partition coefficient (Wildman–Crippen LogP) is 4.08. The Bertz CT molecular complexity index is 1040. The van der Waals surface area contributed by atoms with E-state index in [1.165, 1.54) is 18.2 Å². The molecule has 0 bridgehead atoms. The molecule has 1 N–H and O–H groups in total. The highest BCUT2D eigenvalue weighted by Gasteiger charge is 2.14. The van der Waals surface area contributed by atoms with Crippen molar-refractivity contribution >= 4 is 29.5 Å². The van der Waals surface area contributed by atoms with Gasteiger partial charge in [-0.2, -0.15) is 0 Å². The summed E-state index contributed by atoms with van der Waals surface area (Å²) in [5.74, 6) is -0.173. The molecule has 10 heteroatoms. The highest BCUT2D eigenvalue weighted by molar-refractivity contribution is 8.03. The lowest BCUT2D eigenvalue weighted by Gasteiger charge is -2.07. The quantitative estimate of drug-likeness (QED) is 0.251. The maximum Gasteiger partial charge on any atom is 0.342 e. The summed E-state index contributed by atoms with van der Waals surface area (Å²) in [5.41, 5.74) is 1.47. The van der Waals surface area contributed by atoms with E-state index in [2.05, 4.69) is 10.2 Å². The van der Waals surface area contributed by atoms with Crippen molar-refractivity contribution < 1.29 is 24.0 Å². The van der Waals surface area contributed by atoms with E-state index in [1.807, 2.05) is 0 Å². The highest BCUT2D eigenvalue weighted by atomic mass is 32.2. The Morgan fingerprint density at radius 2 is 1.90 bits per heavy atom. The molecule has 0 unspecified atom stereocenters. The second-order valence-corrected chi connectivity index (χ2v) is 6.78. The van der Waals surface area contributed by atoms with Gasteiger partial charge in [0.2, 0.25) is 5.89 Å². The number of nitrogens with zero attached hydrogens (tertiary/aromatic N) is 3. The summed E-state index contributed by atoms with van der Waals surface area (Å²) in [4.78, 5) is 21.7. The van der Waals surface area contributed by atoms with Crippen molar-refractivity contribution in [2.75, 3.05) is 0 Å². The summed E-state index contributed by atoms with van der Waals surface area (Å²) < 4.78 is 10.8. The Kier molecular flexibility index (Phi) is 6.25. The summed E-state index contributed by atoms with van der Waals surface area (Å²) >= 11 is 0.869. The molecule has 0 radical (unpaired) electrons. The van der Waals surface area contributed by atoms with E-state index in [0.717, 1.165) is 17.3 Å². The van der Waals surface area contributed by atoms with Crippen LogP contribution in [-0.2, 0) is 11.4 Å². The van der Waals surface area contributed by atoms with Crippen LogP contribution in [0.2, 0.25) is 0 Å². The van der Waals surface area contributed by atoms with Gasteiger partial charge in [0.05, 0.1) is 4.92 Å². The Morgan fingerprint density at radius 3 is 2.45 bits per heavy atom. The number of ether oxygens (including phenoxy) is 1. The van der Waals surface area contributed by atoms with Crippen molar-refractivity contribution in [3.05, 3.63) is 80.6 Å². The third-order valence-corrected chi connectivity index (χ3v) is 4.50. The average molecular weight is 413 g/mol. The SMILES string of the molecule is Cc1nnc(S/C(=C\c2ccc(OCc3ccc([N+](=O)[O-])cc3)cc2)C(=O)O)o1. The summed E-state index contributed by atoms with van der Waals surface area (Å²) in [6.07, 6.45) is 1.49. The van der Waals surface area contributed by atoms with Gasteiger partial charge in [0.15, 0.2) is 0 Å². The number of aryl methyl sites for hydroxylation is 1. The summed E-state index contributed by atoms with van der Waals surface area (Å²) in [5, 5.41) is 27.6. The van der Waals surface area contributed by atoms with Crippen molar-refractivity contribution in [2.24, 2.45) is 0 Å². The van der Waals surface area contributed by atoms with Crippen LogP contribution in [0, 0.1) is 17.0 Å². The molecular weight excluding hydrogens is 398 g/mol. The van der Waals surface area contributed by atoms with Crippen LogP contribution in [-0.4, -0.2) is 26.2 Å². The monoisotopic (exact) mass is 413 g/mol. The second kappa shape index (κ2) is 9.02. The molecule has 148 valence electrons. The lowest BCUT2D eigenvalue weighted by molar-refractivity contribution is -0.384. The fourth-order valence-electron chi connectivity index (χ4n) is 2.24. The van der Waals surface area contributed by atoms with Gasteiger partial charge in [-0.1, -0.05) is 12.1 Å². The highest BCUT2D eigenvalue weighted by Crippen LogP contribution is 2.28. The number of benzene rings is 2. The molecule has 0 aliphatic carbocycles. The minimum Gasteiger partial charge on any atom is -0.489 e. The molecular formula is C19H15N3O6S. The maximum absolute atomic E-state index is 11.5. The predicted molar refractivity (Wildman–Crippen MR) is 104 cm³/mol. The molecule has 3 rings (SSSR count). The summed E-state index contributed by atoms with van der Waals surface area (Å²) in [6, 6.07) is 12.9. The molecule has 1 heterocycles. The number of thioether (sulfide) groups is 1. The number of rotatable bonds is 8. The fourth-order valence-corrected chi connectivity index (χ4v) is 2.96. The van der Waals surface area contributed by atoms with Crippen LogP contribution in [0.5, 0.6) is 5.75 Å². The molecule has 0 aliphatic heterocycles. The van der Waals surface area contributed by atoms with Gasteiger partial charge in [-0.05, 0) is 53.2 Å². The van der Waals surface area contributed by atoms with Gasteiger partial charge in [-0.25, -0.2) is 4.79 Å². The zero-order valence-corrected chi connectivity index (χ0v) is 16.0. The summed E-state index contributed by atoms with van der Waals surface area (Å²) in [6.45, 7) is 1.87. The lowest BCUT2D eigenvalue weighted by atomic mass is 10.2. The minimum atomic E-state index is -1.11. The first-order valence-corrected chi connectivity index (χ1v) is 9.11. The molecule has 3 aromatic rings. The number of hydrogen-bond donors (Lipinski definition) is 1. The second-order valence-electron chi connectivity index (χ2n) is 5.78. The number of nitro benzene ring substituents is 1. The van der Waals surface area contributed by atoms with Gasteiger partial charge in [0, 0.05) is 19.1 Å². The number of non-ortho nitro benzene ring substituents is 1. The zero-order valence-electron chi connectivity index (χ0n) is 15.1. The van der Waals surface area contributed by atoms with Gasteiger partial charge in [-0.3, -0.25) is 10.1 Å². The molecule has 29 heavy (non-hydrogen) atoms. The van der Waals surface area contributed by atoms with Gasteiger partial charge >= 0.3 is 5.97 Å². The minimum absolute atomic E-state index is 0.0210. The van der Waals surface area contributed by atoms with E-state index in [0.29, 0.717) is 17.2 Å². The molecule has 0 aliphatic rings. The first-order valence-electron chi connectivity index (χ1n) is 8.30. The van der Waals surface area contributed by atoms with Crippen LogP contribution in [0.3, 0.4) is 0 Å². The molecule has 2 aromatic carbocycles. The number of nitro groups is 1. The van der Waals surface area contributed by atoms with Crippen molar-refractivity contribution in [1.82, 2.24) is 10.2 Å².